The number of esters is 1. The van der Waals surface area contributed by atoms with E-state index in [4.69, 9.17) is 4.74 Å². The average Bonchev–Trinajstić information content (AvgIpc) is 3.14. The van der Waals surface area contributed by atoms with Crippen molar-refractivity contribution in [3.8, 4) is 11.1 Å². The molecule has 0 fully saturated rings. The Hall–Kier alpha value is -3.60. The van der Waals surface area contributed by atoms with Crippen LogP contribution in [0.1, 0.15) is 44.7 Å². The number of halogens is 1. The zero-order valence-electron chi connectivity index (χ0n) is 16.2. The maximum Gasteiger partial charge on any atom is 0.306 e. The van der Waals surface area contributed by atoms with Gasteiger partial charge < -0.3 is 4.74 Å². The molecule has 30 heavy (non-hydrogen) atoms. The molecule has 4 rings (SSSR count). The smallest absolute Gasteiger partial charge is 0.306 e. The highest BCUT2D eigenvalue weighted by molar-refractivity contribution is 6.00. The lowest BCUT2D eigenvalue weighted by Crippen LogP contribution is -2.15. The number of ether oxygens (including phenoxy) is 1. The minimum Gasteiger partial charge on any atom is -0.457 e. The first-order valence-corrected chi connectivity index (χ1v) is 9.70. The molecule has 5 heteroatoms. The number of benzene rings is 3. The number of carbonyl (C=O) groups is 3. The lowest BCUT2D eigenvalue weighted by atomic mass is 10.0. The standard InChI is InChI=1S/C25H19FO4/c26-20-9-7-16(8-10-20)23(27)11-12-25(29)30-15-24(28)19-6-5-18-13-17-3-1-2-4-21(17)22(18)14-19/h1-10,14H,11-13,15H2. The molecule has 0 amide bonds. The van der Waals surface area contributed by atoms with E-state index in [2.05, 4.69) is 6.07 Å². The number of ketones is 2. The van der Waals surface area contributed by atoms with Crippen LogP contribution >= 0.6 is 0 Å². The first-order valence-electron chi connectivity index (χ1n) is 9.70. The van der Waals surface area contributed by atoms with Crippen LogP contribution in [0.5, 0.6) is 0 Å². The Bertz CT molecular complexity index is 1130. The summed E-state index contributed by atoms with van der Waals surface area (Å²) in [5, 5.41) is 0. The van der Waals surface area contributed by atoms with Crippen molar-refractivity contribution in [2.45, 2.75) is 19.3 Å². The fourth-order valence-corrected chi connectivity index (χ4v) is 3.59. The van der Waals surface area contributed by atoms with Crippen LogP contribution in [0.2, 0.25) is 0 Å². The molecule has 0 atom stereocenters. The maximum atomic E-state index is 12.9. The van der Waals surface area contributed by atoms with Crippen LogP contribution in [0.3, 0.4) is 0 Å². The van der Waals surface area contributed by atoms with Gasteiger partial charge in [-0.05, 0) is 59.0 Å². The van der Waals surface area contributed by atoms with E-state index in [1.807, 2.05) is 30.3 Å². The van der Waals surface area contributed by atoms with E-state index in [-0.39, 0.29) is 31.0 Å². The van der Waals surface area contributed by atoms with E-state index in [0.29, 0.717) is 11.1 Å². The molecular weight excluding hydrogens is 383 g/mol. The van der Waals surface area contributed by atoms with E-state index >= 15 is 0 Å². The van der Waals surface area contributed by atoms with Gasteiger partial charge in [-0.25, -0.2) is 4.39 Å². The van der Waals surface area contributed by atoms with Crippen LogP contribution in [0, 0.1) is 5.82 Å². The topological polar surface area (TPSA) is 60.4 Å². The first-order chi connectivity index (χ1) is 14.5. The van der Waals surface area contributed by atoms with Gasteiger partial charge in [-0.2, -0.15) is 0 Å². The van der Waals surface area contributed by atoms with Crippen molar-refractivity contribution in [3.63, 3.8) is 0 Å². The molecule has 0 aliphatic heterocycles. The third-order valence-electron chi connectivity index (χ3n) is 5.21. The molecule has 150 valence electrons. The molecule has 0 unspecified atom stereocenters. The average molecular weight is 402 g/mol. The quantitative estimate of drug-likeness (QED) is 0.330. The fraction of sp³-hybridized carbons (Fsp3) is 0.160. The SMILES string of the molecule is O=C(CCC(=O)c1ccc(F)cc1)OCC(=O)c1ccc2c(c1)-c1ccccc1C2. The van der Waals surface area contributed by atoms with Gasteiger partial charge in [0.15, 0.2) is 18.2 Å². The van der Waals surface area contributed by atoms with Gasteiger partial charge in [0.25, 0.3) is 0 Å². The number of fused-ring (bicyclic) bond motifs is 3. The molecule has 3 aromatic rings. The summed E-state index contributed by atoms with van der Waals surface area (Å²) >= 11 is 0. The second kappa shape index (κ2) is 8.41. The van der Waals surface area contributed by atoms with E-state index in [0.717, 1.165) is 17.5 Å². The highest BCUT2D eigenvalue weighted by Crippen LogP contribution is 2.36. The maximum absolute atomic E-state index is 12.9. The minimum absolute atomic E-state index is 0.0612. The summed E-state index contributed by atoms with van der Waals surface area (Å²) in [5.74, 6) is -1.62. The molecule has 0 saturated heterocycles. The largest absolute Gasteiger partial charge is 0.457 e. The van der Waals surface area contributed by atoms with Gasteiger partial charge in [-0.1, -0.05) is 36.4 Å². The van der Waals surface area contributed by atoms with Gasteiger partial charge >= 0.3 is 5.97 Å². The lowest BCUT2D eigenvalue weighted by Gasteiger charge is -2.07. The Kier molecular flexibility index (Phi) is 5.53. The summed E-state index contributed by atoms with van der Waals surface area (Å²) in [6.45, 7) is -0.371. The van der Waals surface area contributed by atoms with Crippen LogP contribution in [0.4, 0.5) is 4.39 Å². The van der Waals surface area contributed by atoms with Gasteiger partial charge in [-0.15, -0.1) is 0 Å². The Morgan fingerprint density at radius 1 is 0.767 bits per heavy atom. The number of rotatable bonds is 7. The van der Waals surface area contributed by atoms with Crippen LogP contribution in [-0.2, 0) is 16.0 Å². The molecule has 0 aromatic heterocycles. The zero-order valence-corrected chi connectivity index (χ0v) is 16.2. The number of hydrogen-bond acceptors (Lipinski definition) is 4. The number of hydrogen-bond donors (Lipinski definition) is 0. The Morgan fingerprint density at radius 2 is 1.47 bits per heavy atom. The third kappa shape index (κ3) is 4.20. The van der Waals surface area contributed by atoms with Crippen molar-refractivity contribution in [1.82, 2.24) is 0 Å². The van der Waals surface area contributed by atoms with Crippen molar-refractivity contribution < 1.29 is 23.5 Å². The Balaban J connectivity index is 1.31. The Morgan fingerprint density at radius 3 is 2.27 bits per heavy atom. The number of Topliss-reactive ketones (excluding diaryl/α,β-unsaturated/α-hetero) is 2. The lowest BCUT2D eigenvalue weighted by molar-refractivity contribution is -0.142. The van der Waals surface area contributed by atoms with Crippen molar-refractivity contribution in [3.05, 3.63) is 94.8 Å². The molecule has 0 bridgehead atoms. The summed E-state index contributed by atoms with van der Waals surface area (Å²) in [6, 6.07) is 18.7. The van der Waals surface area contributed by atoms with E-state index < -0.39 is 11.8 Å². The van der Waals surface area contributed by atoms with Gasteiger partial charge in [0.1, 0.15) is 5.82 Å². The molecule has 0 radical (unpaired) electrons. The summed E-state index contributed by atoms with van der Waals surface area (Å²) < 4.78 is 18.0. The Labute approximate surface area is 173 Å². The molecule has 0 saturated carbocycles. The predicted octanol–water partition coefficient (Wildman–Crippen LogP) is 4.79. The summed E-state index contributed by atoms with van der Waals surface area (Å²) in [4.78, 5) is 36.4. The van der Waals surface area contributed by atoms with E-state index in [1.165, 1.54) is 35.4 Å². The predicted molar refractivity (Wildman–Crippen MR) is 110 cm³/mol. The van der Waals surface area contributed by atoms with E-state index in [1.54, 1.807) is 6.07 Å². The van der Waals surface area contributed by atoms with Gasteiger partial charge in [0.05, 0.1) is 6.42 Å². The summed E-state index contributed by atoms with van der Waals surface area (Å²) in [6.07, 6.45) is 0.645. The molecule has 0 N–H and O–H groups in total. The van der Waals surface area contributed by atoms with Crippen molar-refractivity contribution in [1.29, 1.82) is 0 Å². The normalized spacial score (nSPS) is 11.5. The monoisotopic (exact) mass is 402 g/mol. The third-order valence-corrected chi connectivity index (χ3v) is 5.21. The summed E-state index contributed by atoms with van der Waals surface area (Å²) in [7, 11) is 0. The van der Waals surface area contributed by atoms with Gasteiger partial charge in [0, 0.05) is 17.5 Å². The second-order valence-corrected chi connectivity index (χ2v) is 7.22. The highest BCUT2D eigenvalue weighted by Gasteiger charge is 2.20. The fourth-order valence-electron chi connectivity index (χ4n) is 3.59. The number of carbonyl (C=O) groups excluding carboxylic acids is 3. The van der Waals surface area contributed by atoms with Gasteiger partial charge in [-0.3, -0.25) is 14.4 Å². The highest BCUT2D eigenvalue weighted by atomic mass is 19.1. The van der Waals surface area contributed by atoms with Crippen molar-refractivity contribution in [2.24, 2.45) is 0 Å². The molecule has 0 spiro atoms. The molecule has 0 heterocycles. The van der Waals surface area contributed by atoms with E-state index in [9.17, 15) is 18.8 Å². The minimum atomic E-state index is -0.620. The first kappa shape index (κ1) is 19.7. The van der Waals surface area contributed by atoms with Crippen molar-refractivity contribution in [2.75, 3.05) is 6.61 Å². The zero-order chi connectivity index (χ0) is 21.1. The van der Waals surface area contributed by atoms with Gasteiger partial charge in [0.2, 0.25) is 0 Å². The van der Waals surface area contributed by atoms with Crippen molar-refractivity contribution >= 4 is 17.5 Å². The molecule has 1 aliphatic carbocycles. The molecule has 1 aliphatic rings. The molecule has 3 aromatic carbocycles. The van der Waals surface area contributed by atoms with Crippen LogP contribution < -0.4 is 0 Å². The molecule has 4 nitrogen and oxygen atoms in total. The second-order valence-electron chi connectivity index (χ2n) is 7.22. The molecular formula is C25H19FO4. The van der Waals surface area contributed by atoms with Crippen LogP contribution in [0.15, 0.2) is 66.7 Å². The summed E-state index contributed by atoms with van der Waals surface area (Å²) in [5.41, 5.74) is 5.38. The van der Waals surface area contributed by atoms with Crippen LogP contribution in [-0.4, -0.2) is 24.1 Å². The van der Waals surface area contributed by atoms with Crippen LogP contribution in [0.25, 0.3) is 11.1 Å².